The van der Waals surface area contributed by atoms with E-state index in [4.69, 9.17) is 11.6 Å². The summed E-state index contributed by atoms with van der Waals surface area (Å²) in [6.07, 6.45) is 5.34. The van der Waals surface area contributed by atoms with Crippen molar-refractivity contribution in [3.8, 4) is 0 Å². The number of halogens is 1. The molecule has 1 aromatic carbocycles. The van der Waals surface area contributed by atoms with Crippen molar-refractivity contribution < 1.29 is 4.79 Å². The molecule has 1 saturated heterocycles. The number of hydrogen-bond donors (Lipinski definition) is 2. The third kappa shape index (κ3) is 4.46. The van der Waals surface area contributed by atoms with Gasteiger partial charge in [0.2, 0.25) is 5.91 Å². The van der Waals surface area contributed by atoms with Gasteiger partial charge < -0.3 is 10.6 Å². The summed E-state index contributed by atoms with van der Waals surface area (Å²) in [6, 6.07) is 8.67. The summed E-state index contributed by atoms with van der Waals surface area (Å²) in [5.41, 5.74) is 1.15. The summed E-state index contributed by atoms with van der Waals surface area (Å²) in [4.78, 5) is 14.6. The molecule has 1 aliphatic carbocycles. The summed E-state index contributed by atoms with van der Waals surface area (Å²) in [6.45, 7) is 3.59. The summed E-state index contributed by atoms with van der Waals surface area (Å²) >= 11 is 6.37. The quantitative estimate of drug-likeness (QED) is 0.869. The number of nitrogens with zero attached hydrogens (tertiary/aromatic N) is 1. The molecule has 1 amide bonds. The molecule has 1 atom stereocenters. The van der Waals surface area contributed by atoms with E-state index < -0.39 is 0 Å². The van der Waals surface area contributed by atoms with Crippen LogP contribution in [0.5, 0.6) is 0 Å². The first-order valence-electron chi connectivity index (χ1n) is 8.72. The zero-order chi connectivity index (χ0) is 16.1. The van der Waals surface area contributed by atoms with E-state index in [0.717, 1.165) is 49.6 Å². The Hall–Kier alpha value is -1.10. The van der Waals surface area contributed by atoms with E-state index in [2.05, 4.69) is 21.6 Å². The second kappa shape index (κ2) is 8.13. The lowest BCUT2D eigenvalue weighted by Gasteiger charge is -2.36. The van der Waals surface area contributed by atoms with Gasteiger partial charge in [0.25, 0.3) is 0 Å². The summed E-state index contributed by atoms with van der Waals surface area (Å²) < 4.78 is 0. The maximum absolute atomic E-state index is 12.2. The minimum Gasteiger partial charge on any atom is -0.353 e. The molecule has 3 rings (SSSR count). The van der Waals surface area contributed by atoms with E-state index in [1.54, 1.807) is 0 Å². The Kier molecular flexibility index (Phi) is 5.92. The highest BCUT2D eigenvalue weighted by Gasteiger charge is 2.26. The molecule has 0 bridgehead atoms. The fraction of sp³-hybridized carbons (Fsp3) is 0.611. The number of carbonyl (C=O) groups excluding carboxylic acids is 1. The van der Waals surface area contributed by atoms with Crippen molar-refractivity contribution in [1.82, 2.24) is 15.5 Å². The number of piperazine rings is 1. The van der Waals surface area contributed by atoms with Gasteiger partial charge in [-0.3, -0.25) is 9.69 Å². The SMILES string of the molecule is O=C(CCN1CCNCC1c1ccccc1Cl)NC1CCCC1. The Morgan fingerprint density at radius 3 is 2.87 bits per heavy atom. The molecule has 2 aliphatic rings. The van der Waals surface area contributed by atoms with Crippen LogP contribution in [0.25, 0.3) is 0 Å². The van der Waals surface area contributed by atoms with E-state index in [1.807, 2.05) is 18.2 Å². The van der Waals surface area contributed by atoms with Crippen LogP contribution in [-0.2, 0) is 4.79 Å². The van der Waals surface area contributed by atoms with Gasteiger partial charge in [-0.25, -0.2) is 0 Å². The van der Waals surface area contributed by atoms with Crippen molar-refractivity contribution in [1.29, 1.82) is 0 Å². The van der Waals surface area contributed by atoms with Crippen molar-refractivity contribution in [2.75, 3.05) is 26.2 Å². The first-order valence-corrected chi connectivity index (χ1v) is 9.10. The number of nitrogens with one attached hydrogen (secondary N) is 2. The first kappa shape index (κ1) is 16.7. The van der Waals surface area contributed by atoms with Crippen LogP contribution < -0.4 is 10.6 Å². The van der Waals surface area contributed by atoms with Gasteiger partial charge in [-0.05, 0) is 24.5 Å². The fourth-order valence-corrected chi connectivity index (χ4v) is 3.94. The minimum atomic E-state index is 0.188. The molecule has 1 aromatic rings. The van der Waals surface area contributed by atoms with Crippen LogP contribution in [0.1, 0.15) is 43.7 Å². The predicted molar refractivity (Wildman–Crippen MR) is 93.7 cm³/mol. The number of rotatable bonds is 5. The topological polar surface area (TPSA) is 44.4 Å². The van der Waals surface area contributed by atoms with Crippen molar-refractivity contribution in [3.63, 3.8) is 0 Å². The van der Waals surface area contributed by atoms with Crippen LogP contribution in [0.4, 0.5) is 0 Å². The zero-order valence-electron chi connectivity index (χ0n) is 13.6. The molecule has 4 nitrogen and oxygen atoms in total. The monoisotopic (exact) mass is 335 g/mol. The molecule has 1 aliphatic heterocycles. The molecule has 0 radical (unpaired) electrons. The average Bonchev–Trinajstić information content (AvgIpc) is 3.07. The molecule has 1 unspecified atom stereocenters. The fourth-order valence-electron chi connectivity index (χ4n) is 3.68. The van der Waals surface area contributed by atoms with E-state index in [9.17, 15) is 4.79 Å². The second-order valence-electron chi connectivity index (χ2n) is 6.58. The third-order valence-electron chi connectivity index (χ3n) is 4.96. The summed E-state index contributed by atoms with van der Waals surface area (Å²) in [5.74, 6) is 0.188. The second-order valence-corrected chi connectivity index (χ2v) is 6.98. The molecular formula is C18H26ClN3O. The molecule has 1 heterocycles. The van der Waals surface area contributed by atoms with Gasteiger partial charge in [-0.1, -0.05) is 42.6 Å². The van der Waals surface area contributed by atoms with Gasteiger partial charge in [0.1, 0.15) is 0 Å². The molecule has 23 heavy (non-hydrogen) atoms. The van der Waals surface area contributed by atoms with E-state index in [-0.39, 0.29) is 11.9 Å². The van der Waals surface area contributed by atoms with Crippen LogP contribution in [0.15, 0.2) is 24.3 Å². The summed E-state index contributed by atoms with van der Waals surface area (Å²) in [7, 11) is 0. The van der Waals surface area contributed by atoms with E-state index >= 15 is 0 Å². The highest BCUT2D eigenvalue weighted by molar-refractivity contribution is 6.31. The Balaban J connectivity index is 1.56. The standard InChI is InChI=1S/C18H26ClN3O/c19-16-8-4-3-7-15(16)17-13-20-10-12-22(17)11-9-18(23)21-14-5-1-2-6-14/h3-4,7-8,14,17,20H,1-2,5-6,9-13H2,(H,21,23). The van der Waals surface area contributed by atoms with Gasteiger partial charge in [0, 0.05) is 49.7 Å². The molecule has 2 N–H and O–H groups in total. The Morgan fingerprint density at radius 2 is 2.09 bits per heavy atom. The van der Waals surface area contributed by atoms with Crippen LogP contribution in [-0.4, -0.2) is 43.0 Å². The van der Waals surface area contributed by atoms with Crippen LogP contribution >= 0.6 is 11.6 Å². The van der Waals surface area contributed by atoms with Crippen molar-refractivity contribution in [3.05, 3.63) is 34.9 Å². The molecular weight excluding hydrogens is 310 g/mol. The highest BCUT2D eigenvalue weighted by Crippen LogP contribution is 2.28. The number of amides is 1. The van der Waals surface area contributed by atoms with Crippen molar-refractivity contribution >= 4 is 17.5 Å². The van der Waals surface area contributed by atoms with Crippen LogP contribution in [0.2, 0.25) is 5.02 Å². The lowest BCUT2D eigenvalue weighted by atomic mass is 10.0. The Morgan fingerprint density at radius 1 is 1.30 bits per heavy atom. The van der Waals surface area contributed by atoms with E-state index in [0.29, 0.717) is 12.5 Å². The average molecular weight is 336 g/mol. The number of hydrogen-bond acceptors (Lipinski definition) is 3. The number of benzene rings is 1. The van der Waals surface area contributed by atoms with E-state index in [1.165, 1.54) is 12.8 Å². The molecule has 0 aromatic heterocycles. The maximum atomic E-state index is 12.2. The zero-order valence-corrected chi connectivity index (χ0v) is 14.3. The molecule has 1 saturated carbocycles. The Bertz CT molecular complexity index is 531. The van der Waals surface area contributed by atoms with Crippen molar-refractivity contribution in [2.24, 2.45) is 0 Å². The van der Waals surface area contributed by atoms with Gasteiger partial charge in [0.15, 0.2) is 0 Å². The normalized spacial score (nSPS) is 23.1. The van der Waals surface area contributed by atoms with Gasteiger partial charge in [0.05, 0.1) is 0 Å². The van der Waals surface area contributed by atoms with Crippen LogP contribution in [0.3, 0.4) is 0 Å². The lowest BCUT2D eigenvalue weighted by Crippen LogP contribution is -2.47. The summed E-state index contributed by atoms with van der Waals surface area (Å²) in [5, 5.41) is 7.42. The van der Waals surface area contributed by atoms with Gasteiger partial charge in [-0.15, -0.1) is 0 Å². The van der Waals surface area contributed by atoms with Gasteiger partial charge in [-0.2, -0.15) is 0 Å². The minimum absolute atomic E-state index is 0.188. The highest BCUT2D eigenvalue weighted by atomic mass is 35.5. The van der Waals surface area contributed by atoms with Crippen LogP contribution in [0, 0.1) is 0 Å². The maximum Gasteiger partial charge on any atom is 0.221 e. The first-order chi connectivity index (χ1) is 11.2. The Labute approximate surface area is 143 Å². The molecule has 5 heteroatoms. The van der Waals surface area contributed by atoms with Crippen molar-refractivity contribution in [2.45, 2.75) is 44.2 Å². The van der Waals surface area contributed by atoms with Gasteiger partial charge >= 0.3 is 0 Å². The predicted octanol–water partition coefficient (Wildman–Crippen LogP) is 2.74. The molecule has 126 valence electrons. The largest absolute Gasteiger partial charge is 0.353 e. The molecule has 0 spiro atoms. The molecule has 2 fully saturated rings. The smallest absolute Gasteiger partial charge is 0.221 e. The lowest BCUT2D eigenvalue weighted by molar-refractivity contribution is -0.122. The number of carbonyl (C=O) groups is 1. The third-order valence-corrected chi connectivity index (χ3v) is 5.31.